The molecule has 2 aromatic rings. The molecule has 0 saturated heterocycles. The zero-order chi connectivity index (χ0) is 17.0. The van der Waals surface area contributed by atoms with Crippen LogP contribution in [0.15, 0.2) is 42.5 Å². The molecule has 1 N–H and O–H groups in total. The molecule has 8 heteroatoms. The van der Waals surface area contributed by atoms with Crippen molar-refractivity contribution < 1.29 is 23.2 Å². The monoisotopic (exact) mass is 322 g/mol. The maximum absolute atomic E-state index is 12.4. The van der Waals surface area contributed by atoms with Crippen molar-refractivity contribution >= 4 is 17.3 Å². The Hall–Kier alpha value is -3.03. The molecule has 0 radical (unpaired) electrons. The number of anilines is 1. The molecule has 0 heterocycles. The van der Waals surface area contributed by atoms with Gasteiger partial charge in [-0.1, -0.05) is 18.2 Å². The first-order valence-electron chi connectivity index (χ1n) is 6.48. The Morgan fingerprint density at radius 1 is 1.26 bits per heavy atom. The van der Waals surface area contributed by atoms with Gasteiger partial charge in [-0.05, 0) is 24.6 Å². The first-order chi connectivity index (χ1) is 10.9. The molecule has 0 aliphatic rings. The van der Waals surface area contributed by atoms with E-state index in [1.165, 1.54) is 42.5 Å². The van der Waals surface area contributed by atoms with E-state index in [0.717, 1.165) is 0 Å². The number of benzene rings is 2. The molecule has 0 aliphatic carbocycles. The molecule has 0 spiro atoms. The van der Waals surface area contributed by atoms with Crippen LogP contribution >= 0.6 is 0 Å². The number of aryl methyl sites for hydroxylation is 1. The highest BCUT2D eigenvalue weighted by Gasteiger charge is 2.17. The van der Waals surface area contributed by atoms with E-state index in [-0.39, 0.29) is 22.7 Å². The number of nitrogens with one attached hydrogen (secondary N) is 1. The first kappa shape index (κ1) is 16.3. The van der Waals surface area contributed by atoms with Crippen LogP contribution in [0, 0.1) is 17.0 Å². The molecule has 120 valence electrons. The number of nitrogens with zero attached hydrogens (tertiary/aromatic N) is 1. The molecule has 2 aromatic carbocycles. The van der Waals surface area contributed by atoms with Gasteiger partial charge in [0.15, 0.2) is 0 Å². The third kappa shape index (κ3) is 4.00. The van der Waals surface area contributed by atoms with Crippen molar-refractivity contribution in [2.24, 2.45) is 0 Å². The van der Waals surface area contributed by atoms with E-state index in [9.17, 15) is 23.7 Å². The van der Waals surface area contributed by atoms with Crippen LogP contribution in [0.2, 0.25) is 0 Å². The van der Waals surface area contributed by atoms with E-state index in [4.69, 9.17) is 0 Å². The van der Waals surface area contributed by atoms with Gasteiger partial charge in [0.25, 0.3) is 11.6 Å². The van der Waals surface area contributed by atoms with Crippen molar-refractivity contribution in [3.05, 3.63) is 63.7 Å². The van der Waals surface area contributed by atoms with Crippen LogP contribution in [0.25, 0.3) is 0 Å². The molecule has 0 saturated carbocycles. The van der Waals surface area contributed by atoms with E-state index in [0.29, 0.717) is 5.56 Å². The summed E-state index contributed by atoms with van der Waals surface area (Å²) < 4.78 is 29.0. The zero-order valence-corrected chi connectivity index (χ0v) is 12.0. The van der Waals surface area contributed by atoms with Crippen LogP contribution in [0.4, 0.5) is 20.2 Å². The number of hydrogen-bond donors (Lipinski definition) is 1. The van der Waals surface area contributed by atoms with Gasteiger partial charge in [0, 0.05) is 12.1 Å². The number of nitro groups is 1. The molecule has 23 heavy (non-hydrogen) atoms. The fraction of sp³-hybridized carbons (Fsp3) is 0.133. The summed E-state index contributed by atoms with van der Waals surface area (Å²) in [7, 11) is 0. The van der Waals surface area contributed by atoms with Crippen LogP contribution in [-0.2, 0) is 0 Å². The molecule has 0 atom stereocenters. The quantitative estimate of drug-likeness (QED) is 0.671. The summed E-state index contributed by atoms with van der Waals surface area (Å²) in [6, 6.07) is 9.49. The third-order valence-electron chi connectivity index (χ3n) is 3.03. The van der Waals surface area contributed by atoms with Gasteiger partial charge in [-0.15, -0.1) is 0 Å². The Kier molecular flexibility index (Phi) is 4.85. The predicted molar refractivity (Wildman–Crippen MR) is 78.9 cm³/mol. The molecule has 6 nitrogen and oxygen atoms in total. The van der Waals surface area contributed by atoms with E-state index >= 15 is 0 Å². The van der Waals surface area contributed by atoms with Crippen molar-refractivity contribution in [1.29, 1.82) is 0 Å². The Bertz CT molecular complexity index is 750. The summed E-state index contributed by atoms with van der Waals surface area (Å²) in [6.45, 7) is -1.41. The summed E-state index contributed by atoms with van der Waals surface area (Å²) in [5.74, 6) is -0.979. The molecule has 0 unspecified atom stereocenters. The van der Waals surface area contributed by atoms with Crippen molar-refractivity contribution in [2.45, 2.75) is 13.5 Å². The topological polar surface area (TPSA) is 81.5 Å². The lowest BCUT2D eigenvalue weighted by molar-refractivity contribution is -0.384. The molecule has 0 aliphatic heterocycles. The summed E-state index contributed by atoms with van der Waals surface area (Å²) in [5, 5.41) is 13.3. The number of alkyl halides is 2. The van der Waals surface area contributed by atoms with E-state index in [1.54, 1.807) is 6.92 Å². The van der Waals surface area contributed by atoms with Gasteiger partial charge in [-0.2, -0.15) is 8.78 Å². The molecule has 0 bridgehead atoms. The highest BCUT2D eigenvalue weighted by Crippen LogP contribution is 2.25. The standard InChI is InChI=1S/C15H12F2N2O4/c1-9-6-7-10(19(21)22)8-12(9)18-14(20)11-4-2-3-5-13(11)23-15(16)17/h2-8,15H,1H3,(H,18,20). The lowest BCUT2D eigenvalue weighted by Crippen LogP contribution is -2.15. The summed E-state index contributed by atoms with van der Waals surface area (Å²) in [4.78, 5) is 22.4. The molecule has 1 amide bonds. The van der Waals surface area contributed by atoms with Crippen LogP contribution < -0.4 is 10.1 Å². The van der Waals surface area contributed by atoms with Crippen molar-refractivity contribution in [1.82, 2.24) is 0 Å². The Balaban J connectivity index is 2.29. The normalized spacial score (nSPS) is 10.4. The lowest BCUT2D eigenvalue weighted by atomic mass is 10.1. The van der Waals surface area contributed by atoms with Crippen molar-refractivity contribution in [2.75, 3.05) is 5.32 Å². The van der Waals surface area contributed by atoms with Gasteiger partial charge >= 0.3 is 6.61 Å². The average molecular weight is 322 g/mol. The lowest BCUT2D eigenvalue weighted by Gasteiger charge is -2.12. The van der Waals surface area contributed by atoms with Gasteiger partial charge in [0.2, 0.25) is 0 Å². The molecular formula is C15H12F2N2O4. The second-order valence-corrected chi connectivity index (χ2v) is 4.59. The maximum Gasteiger partial charge on any atom is 0.387 e. The van der Waals surface area contributed by atoms with Gasteiger partial charge in [-0.25, -0.2) is 0 Å². The third-order valence-corrected chi connectivity index (χ3v) is 3.03. The smallest absolute Gasteiger partial charge is 0.387 e. The van der Waals surface area contributed by atoms with E-state index in [1.807, 2.05) is 0 Å². The van der Waals surface area contributed by atoms with E-state index in [2.05, 4.69) is 10.1 Å². The number of nitro benzene ring substituents is 1. The molecule has 0 fully saturated rings. The SMILES string of the molecule is Cc1ccc([N+](=O)[O-])cc1NC(=O)c1ccccc1OC(F)F. The minimum atomic E-state index is -3.07. The number of ether oxygens (including phenoxy) is 1. The number of carbonyl (C=O) groups excluding carboxylic acids is 1. The number of non-ortho nitro benzene ring substituents is 1. The Morgan fingerprint density at radius 2 is 1.96 bits per heavy atom. The highest BCUT2D eigenvalue weighted by molar-refractivity contribution is 6.06. The zero-order valence-electron chi connectivity index (χ0n) is 12.0. The van der Waals surface area contributed by atoms with E-state index < -0.39 is 17.4 Å². The molecule has 0 aromatic heterocycles. The average Bonchev–Trinajstić information content (AvgIpc) is 2.49. The number of halogens is 2. The first-order valence-corrected chi connectivity index (χ1v) is 6.48. The molecule has 2 rings (SSSR count). The van der Waals surface area contributed by atoms with Crippen molar-refractivity contribution in [3.63, 3.8) is 0 Å². The fourth-order valence-electron chi connectivity index (χ4n) is 1.90. The minimum absolute atomic E-state index is 0.0984. The van der Waals surface area contributed by atoms with Gasteiger partial charge in [-0.3, -0.25) is 14.9 Å². The van der Waals surface area contributed by atoms with Crippen molar-refractivity contribution in [3.8, 4) is 5.75 Å². The maximum atomic E-state index is 12.4. The predicted octanol–water partition coefficient (Wildman–Crippen LogP) is 3.76. The van der Waals surface area contributed by atoms with Crippen LogP contribution in [-0.4, -0.2) is 17.4 Å². The second-order valence-electron chi connectivity index (χ2n) is 4.59. The van der Waals surface area contributed by atoms with Gasteiger partial charge in [0.05, 0.1) is 16.2 Å². The largest absolute Gasteiger partial charge is 0.434 e. The fourth-order valence-corrected chi connectivity index (χ4v) is 1.90. The number of rotatable bonds is 5. The van der Waals surface area contributed by atoms with Gasteiger partial charge in [0.1, 0.15) is 5.75 Å². The second kappa shape index (κ2) is 6.82. The van der Waals surface area contributed by atoms with Crippen LogP contribution in [0.5, 0.6) is 5.75 Å². The Labute approximate surface area is 129 Å². The molecular weight excluding hydrogens is 310 g/mol. The minimum Gasteiger partial charge on any atom is -0.434 e. The summed E-state index contributed by atoms with van der Waals surface area (Å²) in [6.07, 6.45) is 0. The summed E-state index contributed by atoms with van der Waals surface area (Å²) >= 11 is 0. The number of amides is 1. The number of carbonyl (C=O) groups is 1. The Morgan fingerprint density at radius 3 is 2.61 bits per heavy atom. The van der Waals surface area contributed by atoms with Crippen LogP contribution in [0.3, 0.4) is 0 Å². The highest BCUT2D eigenvalue weighted by atomic mass is 19.3. The van der Waals surface area contributed by atoms with Crippen LogP contribution in [0.1, 0.15) is 15.9 Å². The number of para-hydroxylation sites is 1. The van der Waals surface area contributed by atoms with Gasteiger partial charge < -0.3 is 10.1 Å². The number of hydrogen-bond acceptors (Lipinski definition) is 4. The summed E-state index contributed by atoms with van der Waals surface area (Å²) in [5.41, 5.74) is 0.522.